The predicted molar refractivity (Wildman–Crippen MR) is 192 cm³/mol. The maximum Gasteiger partial charge on any atom is 0.164 e. The van der Waals surface area contributed by atoms with E-state index in [1.165, 1.54) is 10.8 Å². The van der Waals surface area contributed by atoms with E-state index in [0.717, 1.165) is 60.9 Å². The Labute approximate surface area is 271 Å². The molecule has 2 aromatic heterocycles. The van der Waals surface area contributed by atoms with Gasteiger partial charge in [0.25, 0.3) is 0 Å². The molecule has 2 heterocycles. The third kappa shape index (κ3) is 4.66. The predicted octanol–water partition coefficient (Wildman–Crippen LogP) is 11.3. The van der Waals surface area contributed by atoms with Crippen molar-refractivity contribution in [2.24, 2.45) is 0 Å². The van der Waals surface area contributed by atoms with Crippen LogP contribution in [0.15, 0.2) is 168 Å². The second-order valence-electron chi connectivity index (χ2n) is 11.6. The highest BCUT2D eigenvalue weighted by Gasteiger charge is 2.22. The number of hydrogen-bond donors (Lipinski definition) is 0. The van der Waals surface area contributed by atoms with Gasteiger partial charge < -0.3 is 4.42 Å². The molecule has 7 aromatic carbocycles. The molecule has 4 heteroatoms. The van der Waals surface area contributed by atoms with Crippen LogP contribution >= 0.6 is 0 Å². The van der Waals surface area contributed by atoms with Gasteiger partial charge in [0.1, 0.15) is 11.2 Å². The van der Waals surface area contributed by atoms with Crippen LogP contribution in [0, 0.1) is 0 Å². The van der Waals surface area contributed by atoms with Crippen molar-refractivity contribution in [3.63, 3.8) is 0 Å². The molecule has 0 saturated carbocycles. The van der Waals surface area contributed by atoms with Crippen LogP contribution in [0.25, 0.3) is 89.1 Å². The third-order valence-corrected chi connectivity index (χ3v) is 8.75. The largest absolute Gasteiger partial charge is 0.455 e. The molecule has 4 nitrogen and oxygen atoms in total. The van der Waals surface area contributed by atoms with Crippen molar-refractivity contribution >= 4 is 32.7 Å². The van der Waals surface area contributed by atoms with Gasteiger partial charge >= 0.3 is 0 Å². The van der Waals surface area contributed by atoms with Crippen LogP contribution in [0.1, 0.15) is 0 Å². The lowest BCUT2D eigenvalue weighted by Gasteiger charge is -2.12. The van der Waals surface area contributed by atoms with Crippen molar-refractivity contribution in [3.05, 3.63) is 164 Å². The summed E-state index contributed by atoms with van der Waals surface area (Å²) in [5.74, 6) is 1.84. The van der Waals surface area contributed by atoms with Gasteiger partial charge in [0.2, 0.25) is 0 Å². The molecular formula is C43H27N3O. The summed E-state index contributed by atoms with van der Waals surface area (Å²) >= 11 is 0. The fourth-order valence-corrected chi connectivity index (χ4v) is 6.53. The summed E-state index contributed by atoms with van der Waals surface area (Å²) in [4.78, 5) is 15.1. The van der Waals surface area contributed by atoms with Crippen molar-refractivity contribution < 1.29 is 4.42 Å². The molecule has 0 radical (unpaired) electrons. The smallest absolute Gasteiger partial charge is 0.164 e. The minimum Gasteiger partial charge on any atom is -0.455 e. The van der Waals surface area contributed by atoms with Gasteiger partial charge in [-0.1, -0.05) is 152 Å². The highest BCUT2D eigenvalue weighted by atomic mass is 16.3. The van der Waals surface area contributed by atoms with E-state index in [-0.39, 0.29) is 0 Å². The minimum atomic E-state index is 0.597. The molecule has 0 amide bonds. The van der Waals surface area contributed by atoms with Gasteiger partial charge in [0, 0.05) is 38.6 Å². The maximum absolute atomic E-state index is 6.99. The SMILES string of the molecule is c1ccc(-c2nc(-c3ccccc3)nc(-c3ccc(-c4cccc5ccccc45)c4oc5c(-c6ccccc6)cccc5c34)n2)cc1. The summed E-state index contributed by atoms with van der Waals surface area (Å²) < 4.78 is 6.99. The Hall–Kier alpha value is -6.39. The summed E-state index contributed by atoms with van der Waals surface area (Å²) in [5, 5.41) is 4.35. The van der Waals surface area contributed by atoms with Gasteiger partial charge in [-0.15, -0.1) is 0 Å². The van der Waals surface area contributed by atoms with Crippen LogP contribution in [0.2, 0.25) is 0 Å². The summed E-state index contributed by atoms with van der Waals surface area (Å²) in [5.41, 5.74) is 8.68. The molecule has 0 aliphatic heterocycles. The van der Waals surface area contributed by atoms with E-state index in [1.807, 2.05) is 66.7 Å². The molecule has 0 saturated heterocycles. The van der Waals surface area contributed by atoms with Crippen LogP contribution in [0.4, 0.5) is 0 Å². The second kappa shape index (κ2) is 11.2. The number of furan rings is 1. The number of benzene rings is 7. The lowest BCUT2D eigenvalue weighted by molar-refractivity contribution is 0.671. The molecule has 0 N–H and O–H groups in total. The molecule has 220 valence electrons. The van der Waals surface area contributed by atoms with E-state index in [2.05, 4.69) is 97.1 Å². The zero-order chi connectivity index (χ0) is 31.2. The first-order valence-electron chi connectivity index (χ1n) is 15.7. The highest BCUT2D eigenvalue weighted by molar-refractivity contribution is 6.19. The average Bonchev–Trinajstić information content (AvgIpc) is 3.55. The number of fused-ring (bicyclic) bond motifs is 4. The first kappa shape index (κ1) is 27.0. The first-order valence-corrected chi connectivity index (χ1v) is 15.7. The summed E-state index contributed by atoms with van der Waals surface area (Å²) in [7, 11) is 0. The lowest BCUT2D eigenvalue weighted by Crippen LogP contribution is -2.00. The molecule has 0 bridgehead atoms. The maximum atomic E-state index is 6.99. The highest BCUT2D eigenvalue weighted by Crippen LogP contribution is 2.45. The van der Waals surface area contributed by atoms with E-state index in [1.54, 1.807) is 0 Å². The summed E-state index contributed by atoms with van der Waals surface area (Å²) in [6.45, 7) is 0. The van der Waals surface area contributed by atoms with Crippen molar-refractivity contribution in [1.29, 1.82) is 0 Å². The average molecular weight is 602 g/mol. The number of para-hydroxylation sites is 1. The van der Waals surface area contributed by atoms with Gasteiger partial charge in [-0.25, -0.2) is 15.0 Å². The molecule has 0 aliphatic rings. The van der Waals surface area contributed by atoms with Crippen LogP contribution in [-0.4, -0.2) is 15.0 Å². The molecule has 9 rings (SSSR count). The fourth-order valence-electron chi connectivity index (χ4n) is 6.53. The fraction of sp³-hybridized carbons (Fsp3) is 0. The van der Waals surface area contributed by atoms with E-state index in [4.69, 9.17) is 19.4 Å². The Bertz CT molecular complexity index is 2490. The van der Waals surface area contributed by atoms with Crippen LogP contribution in [-0.2, 0) is 0 Å². The van der Waals surface area contributed by atoms with Crippen molar-refractivity contribution in [2.75, 3.05) is 0 Å². The third-order valence-electron chi connectivity index (χ3n) is 8.75. The van der Waals surface area contributed by atoms with Gasteiger partial charge in [0.15, 0.2) is 17.5 Å². The summed E-state index contributed by atoms with van der Waals surface area (Å²) in [6.07, 6.45) is 0. The Morgan fingerprint density at radius 3 is 1.53 bits per heavy atom. The van der Waals surface area contributed by atoms with Crippen molar-refractivity contribution in [1.82, 2.24) is 15.0 Å². The van der Waals surface area contributed by atoms with Gasteiger partial charge in [-0.3, -0.25) is 0 Å². The van der Waals surface area contributed by atoms with Crippen molar-refractivity contribution in [3.8, 4) is 56.4 Å². The number of rotatable bonds is 5. The molecular weight excluding hydrogens is 574 g/mol. The van der Waals surface area contributed by atoms with Crippen LogP contribution < -0.4 is 0 Å². The second-order valence-corrected chi connectivity index (χ2v) is 11.6. The number of hydrogen-bond acceptors (Lipinski definition) is 4. The molecule has 0 fully saturated rings. The van der Waals surface area contributed by atoms with Gasteiger partial charge in [-0.2, -0.15) is 0 Å². The van der Waals surface area contributed by atoms with E-state index >= 15 is 0 Å². The Kier molecular flexibility index (Phi) is 6.43. The van der Waals surface area contributed by atoms with Crippen LogP contribution in [0.3, 0.4) is 0 Å². The Morgan fingerprint density at radius 1 is 0.319 bits per heavy atom. The number of aromatic nitrogens is 3. The Balaban J connectivity index is 1.38. The van der Waals surface area contributed by atoms with Gasteiger partial charge in [-0.05, 0) is 34.0 Å². The van der Waals surface area contributed by atoms with E-state index < -0.39 is 0 Å². The number of nitrogens with zero attached hydrogens (tertiary/aromatic N) is 3. The standard InChI is InChI=1S/C43H27N3O/c1-4-14-29(15-5-1)33-23-13-25-36-38-37(27-26-35(40(38)47-39(33)36)34-24-12-21-28-16-10-11-22-32(28)34)43-45-41(30-17-6-2-7-18-30)44-42(46-43)31-19-8-3-9-20-31/h1-27H. The van der Waals surface area contributed by atoms with Crippen molar-refractivity contribution in [2.45, 2.75) is 0 Å². The van der Waals surface area contributed by atoms with Crippen LogP contribution in [0.5, 0.6) is 0 Å². The molecule has 9 aromatic rings. The van der Waals surface area contributed by atoms with E-state index in [9.17, 15) is 0 Å². The first-order chi connectivity index (χ1) is 23.3. The summed E-state index contributed by atoms with van der Waals surface area (Å²) in [6, 6.07) is 56.2. The molecule has 0 aliphatic carbocycles. The topological polar surface area (TPSA) is 51.8 Å². The minimum absolute atomic E-state index is 0.597. The quantitative estimate of drug-likeness (QED) is 0.197. The lowest BCUT2D eigenvalue weighted by atomic mass is 9.94. The Morgan fingerprint density at radius 2 is 0.830 bits per heavy atom. The molecule has 47 heavy (non-hydrogen) atoms. The zero-order valence-corrected chi connectivity index (χ0v) is 25.3. The van der Waals surface area contributed by atoms with E-state index in [0.29, 0.717) is 17.5 Å². The normalized spacial score (nSPS) is 11.4. The monoisotopic (exact) mass is 601 g/mol. The van der Waals surface area contributed by atoms with Gasteiger partial charge in [0.05, 0.1) is 0 Å². The molecule has 0 atom stereocenters. The zero-order valence-electron chi connectivity index (χ0n) is 25.3. The molecule has 0 spiro atoms. The molecule has 0 unspecified atom stereocenters.